The smallest absolute Gasteiger partial charge is 0.228 e. The van der Waals surface area contributed by atoms with E-state index in [1.54, 1.807) is 0 Å². The van der Waals surface area contributed by atoms with Crippen LogP contribution >= 0.6 is 15.9 Å². The Balaban J connectivity index is 2.32. The number of H-pyrrole nitrogens is 1. The number of carbonyl (C=O) groups is 1. The van der Waals surface area contributed by atoms with E-state index >= 15 is 0 Å². The maximum atomic E-state index is 11.7. The van der Waals surface area contributed by atoms with E-state index in [9.17, 15) is 4.79 Å². The van der Waals surface area contributed by atoms with Gasteiger partial charge in [0.1, 0.15) is 16.2 Å². The van der Waals surface area contributed by atoms with Crippen LogP contribution in [0.15, 0.2) is 4.60 Å². The summed E-state index contributed by atoms with van der Waals surface area (Å²) in [6, 6.07) is 1.98. The number of hydrogen-bond acceptors (Lipinski definition) is 4. The lowest BCUT2D eigenvalue weighted by atomic mass is 10.1. The zero-order valence-electron chi connectivity index (χ0n) is 8.27. The standard InChI is InChI=1S/C9H9BrN4O2/c10-8-6(2-11)9(13-12-8)14-3-5(4-15)1-7(14)16/h5,15H,1,3-4H2,(H,12,13). The van der Waals surface area contributed by atoms with Crippen molar-refractivity contribution < 1.29 is 9.90 Å². The van der Waals surface area contributed by atoms with E-state index in [0.717, 1.165) is 0 Å². The van der Waals surface area contributed by atoms with Gasteiger partial charge in [-0.25, -0.2) is 0 Å². The van der Waals surface area contributed by atoms with Gasteiger partial charge in [-0.15, -0.1) is 0 Å². The van der Waals surface area contributed by atoms with Crippen LogP contribution in [0.4, 0.5) is 5.82 Å². The quantitative estimate of drug-likeness (QED) is 0.822. The molecule has 0 aliphatic carbocycles. The molecule has 1 aliphatic rings. The third kappa shape index (κ3) is 1.70. The van der Waals surface area contributed by atoms with Crippen LogP contribution in [0.3, 0.4) is 0 Å². The number of aliphatic hydroxyl groups is 1. The number of amides is 1. The van der Waals surface area contributed by atoms with Crippen LogP contribution in [0.1, 0.15) is 12.0 Å². The predicted molar refractivity (Wildman–Crippen MR) is 58.5 cm³/mol. The van der Waals surface area contributed by atoms with Gasteiger partial charge in [0, 0.05) is 25.5 Å². The van der Waals surface area contributed by atoms with E-state index in [-0.39, 0.29) is 18.4 Å². The fourth-order valence-corrected chi connectivity index (χ4v) is 2.07. The molecule has 84 valence electrons. The summed E-state index contributed by atoms with van der Waals surface area (Å²) in [4.78, 5) is 13.1. The van der Waals surface area contributed by atoms with E-state index in [1.807, 2.05) is 6.07 Å². The summed E-state index contributed by atoms with van der Waals surface area (Å²) in [5, 5.41) is 24.5. The van der Waals surface area contributed by atoms with Gasteiger partial charge in [-0.05, 0) is 15.9 Å². The molecule has 0 saturated carbocycles. The number of aliphatic hydroxyl groups excluding tert-OH is 1. The normalized spacial score (nSPS) is 20.2. The first-order valence-electron chi connectivity index (χ1n) is 4.72. The lowest BCUT2D eigenvalue weighted by Gasteiger charge is -2.12. The van der Waals surface area contributed by atoms with Crippen LogP contribution in [0.5, 0.6) is 0 Å². The monoisotopic (exact) mass is 284 g/mol. The Hall–Kier alpha value is -1.39. The van der Waals surface area contributed by atoms with Crippen LogP contribution in [0, 0.1) is 17.2 Å². The molecule has 16 heavy (non-hydrogen) atoms. The molecule has 0 aromatic carbocycles. The van der Waals surface area contributed by atoms with E-state index in [2.05, 4.69) is 26.1 Å². The van der Waals surface area contributed by atoms with Gasteiger partial charge >= 0.3 is 0 Å². The van der Waals surface area contributed by atoms with Gasteiger partial charge < -0.3 is 5.11 Å². The summed E-state index contributed by atoms with van der Waals surface area (Å²) in [6.07, 6.45) is 0.297. The van der Waals surface area contributed by atoms with E-state index < -0.39 is 0 Å². The number of nitrogens with one attached hydrogen (secondary N) is 1. The van der Waals surface area contributed by atoms with Gasteiger partial charge in [0.2, 0.25) is 5.91 Å². The largest absolute Gasteiger partial charge is 0.396 e. The SMILES string of the molecule is N#Cc1c(N2CC(CO)CC2=O)n[nH]c1Br. The molecule has 2 N–H and O–H groups in total. The molecular formula is C9H9BrN4O2. The first-order chi connectivity index (χ1) is 7.67. The van der Waals surface area contributed by atoms with Gasteiger partial charge in [-0.2, -0.15) is 10.4 Å². The topological polar surface area (TPSA) is 93.0 Å². The number of aromatic nitrogens is 2. The maximum Gasteiger partial charge on any atom is 0.228 e. The molecule has 1 amide bonds. The van der Waals surface area contributed by atoms with E-state index in [4.69, 9.17) is 10.4 Å². The van der Waals surface area contributed by atoms with Gasteiger partial charge in [0.25, 0.3) is 0 Å². The molecule has 2 heterocycles. The molecule has 6 nitrogen and oxygen atoms in total. The zero-order valence-corrected chi connectivity index (χ0v) is 9.86. The highest BCUT2D eigenvalue weighted by atomic mass is 79.9. The minimum absolute atomic E-state index is 0.0320. The molecule has 1 aromatic heterocycles. The Morgan fingerprint density at radius 1 is 1.75 bits per heavy atom. The molecule has 1 atom stereocenters. The average molecular weight is 285 g/mol. The molecule has 0 radical (unpaired) electrons. The third-order valence-electron chi connectivity index (χ3n) is 2.53. The van der Waals surface area contributed by atoms with Crippen molar-refractivity contribution in [2.24, 2.45) is 5.92 Å². The van der Waals surface area contributed by atoms with Gasteiger partial charge in [-0.1, -0.05) is 0 Å². The predicted octanol–water partition coefficient (Wildman–Crippen LogP) is 0.389. The molecule has 1 aromatic rings. The molecule has 2 rings (SSSR count). The Labute approximate surface area is 100.0 Å². The van der Waals surface area contributed by atoms with Crippen LogP contribution in [-0.2, 0) is 4.79 Å². The van der Waals surface area contributed by atoms with Crippen molar-refractivity contribution in [3.8, 4) is 6.07 Å². The number of nitriles is 1. The highest BCUT2D eigenvalue weighted by Crippen LogP contribution is 2.29. The highest BCUT2D eigenvalue weighted by molar-refractivity contribution is 9.10. The minimum atomic E-state index is -0.116. The van der Waals surface area contributed by atoms with Crippen molar-refractivity contribution >= 4 is 27.7 Å². The Bertz CT molecular complexity index is 465. The van der Waals surface area contributed by atoms with Crippen molar-refractivity contribution in [3.05, 3.63) is 10.2 Å². The molecule has 7 heteroatoms. The number of rotatable bonds is 2. The molecule has 1 unspecified atom stereocenters. The Morgan fingerprint density at radius 2 is 2.50 bits per heavy atom. The Kier molecular flexibility index (Phi) is 2.94. The van der Waals surface area contributed by atoms with E-state index in [0.29, 0.717) is 29.0 Å². The molecule has 1 fully saturated rings. The lowest BCUT2D eigenvalue weighted by Crippen LogP contribution is -2.26. The van der Waals surface area contributed by atoms with Gasteiger partial charge in [0.15, 0.2) is 5.82 Å². The van der Waals surface area contributed by atoms with Crippen LogP contribution in [-0.4, -0.2) is 34.4 Å². The third-order valence-corrected chi connectivity index (χ3v) is 3.11. The molecule has 0 bridgehead atoms. The molecule has 0 spiro atoms. The summed E-state index contributed by atoms with van der Waals surface area (Å²) in [7, 11) is 0. The number of nitrogens with zero attached hydrogens (tertiary/aromatic N) is 3. The summed E-state index contributed by atoms with van der Waals surface area (Å²) in [6.45, 7) is 0.372. The number of hydrogen-bond donors (Lipinski definition) is 2. The van der Waals surface area contributed by atoms with Crippen molar-refractivity contribution in [3.63, 3.8) is 0 Å². The first-order valence-corrected chi connectivity index (χ1v) is 5.51. The number of halogens is 1. The van der Waals surface area contributed by atoms with Gasteiger partial charge in [0.05, 0.1) is 0 Å². The first kappa shape index (κ1) is 11.1. The second-order valence-electron chi connectivity index (χ2n) is 3.61. The van der Waals surface area contributed by atoms with Crippen molar-refractivity contribution in [2.45, 2.75) is 6.42 Å². The minimum Gasteiger partial charge on any atom is -0.396 e. The maximum absolute atomic E-state index is 11.7. The number of aromatic amines is 1. The summed E-state index contributed by atoms with van der Waals surface area (Å²) >= 11 is 3.15. The van der Waals surface area contributed by atoms with Crippen molar-refractivity contribution in [1.29, 1.82) is 5.26 Å². The fraction of sp³-hybridized carbons (Fsp3) is 0.444. The summed E-state index contributed by atoms with van der Waals surface area (Å²) in [5.74, 6) is 0.138. The van der Waals surface area contributed by atoms with Crippen LogP contribution in [0.2, 0.25) is 0 Å². The van der Waals surface area contributed by atoms with Crippen molar-refractivity contribution in [1.82, 2.24) is 10.2 Å². The lowest BCUT2D eigenvalue weighted by molar-refractivity contribution is -0.117. The van der Waals surface area contributed by atoms with Crippen LogP contribution in [0.25, 0.3) is 0 Å². The van der Waals surface area contributed by atoms with Crippen molar-refractivity contribution in [2.75, 3.05) is 18.1 Å². The van der Waals surface area contributed by atoms with E-state index in [1.165, 1.54) is 4.90 Å². The van der Waals surface area contributed by atoms with Gasteiger partial charge in [-0.3, -0.25) is 14.8 Å². The number of carbonyl (C=O) groups excluding carboxylic acids is 1. The Morgan fingerprint density at radius 3 is 3.06 bits per heavy atom. The highest BCUT2D eigenvalue weighted by Gasteiger charge is 2.33. The summed E-state index contributed by atoms with van der Waals surface area (Å²) < 4.78 is 0.463. The molecule has 1 saturated heterocycles. The number of anilines is 1. The zero-order chi connectivity index (χ0) is 11.7. The average Bonchev–Trinajstić information content (AvgIpc) is 2.81. The second kappa shape index (κ2) is 4.23. The summed E-state index contributed by atoms with van der Waals surface area (Å²) in [5.41, 5.74) is 0.312. The fourth-order valence-electron chi connectivity index (χ4n) is 1.71. The molecule has 1 aliphatic heterocycles. The van der Waals surface area contributed by atoms with Crippen LogP contribution < -0.4 is 4.90 Å². The second-order valence-corrected chi connectivity index (χ2v) is 4.40. The molecular weight excluding hydrogens is 276 g/mol.